The quantitative estimate of drug-likeness (QED) is 0.396. The number of nitro benzene ring substituents is 1. The van der Waals surface area contributed by atoms with Crippen LogP contribution in [0.5, 0.6) is 11.5 Å². The molecule has 28 heavy (non-hydrogen) atoms. The Morgan fingerprint density at radius 3 is 2.32 bits per heavy atom. The molecule has 0 aliphatic rings. The first kappa shape index (κ1) is 21.1. The highest BCUT2D eigenvalue weighted by Crippen LogP contribution is 2.28. The normalized spacial score (nSPS) is 11.0. The van der Waals surface area contributed by atoms with Gasteiger partial charge in [0.1, 0.15) is 22.0 Å². The minimum Gasteiger partial charge on any atom is -0.496 e. The molecule has 0 aliphatic carbocycles. The van der Waals surface area contributed by atoms with Gasteiger partial charge in [0.15, 0.2) is 0 Å². The Morgan fingerprint density at radius 2 is 1.75 bits per heavy atom. The number of nitro groups is 1. The predicted molar refractivity (Wildman–Crippen MR) is 98.0 cm³/mol. The molecule has 0 unspecified atom stereocenters. The second-order valence-corrected chi connectivity index (χ2v) is 7.18. The van der Waals surface area contributed by atoms with Crippen LogP contribution in [0.2, 0.25) is 0 Å². The number of ether oxygens (including phenoxy) is 3. The summed E-state index contributed by atoms with van der Waals surface area (Å²) in [6.07, 6.45) is 0. The first-order valence-electron chi connectivity index (χ1n) is 7.80. The van der Waals surface area contributed by atoms with Crippen LogP contribution in [0.25, 0.3) is 0 Å². The molecule has 1 N–H and O–H groups in total. The van der Waals surface area contributed by atoms with E-state index in [4.69, 9.17) is 9.47 Å². The van der Waals surface area contributed by atoms with E-state index in [0.29, 0.717) is 5.56 Å². The zero-order valence-electron chi connectivity index (χ0n) is 15.3. The van der Waals surface area contributed by atoms with E-state index in [1.807, 2.05) is 0 Å². The van der Waals surface area contributed by atoms with Gasteiger partial charge in [-0.3, -0.25) is 10.1 Å². The van der Waals surface area contributed by atoms with E-state index in [2.05, 4.69) is 9.46 Å². The van der Waals surface area contributed by atoms with Crippen molar-refractivity contribution in [2.24, 2.45) is 0 Å². The molecule has 0 aromatic heterocycles. The number of esters is 1. The van der Waals surface area contributed by atoms with Crippen LogP contribution in [-0.4, -0.2) is 40.6 Å². The maximum absolute atomic E-state index is 12.6. The molecule has 0 fully saturated rings. The van der Waals surface area contributed by atoms with Crippen molar-refractivity contribution in [1.82, 2.24) is 4.72 Å². The van der Waals surface area contributed by atoms with Crippen LogP contribution in [0.3, 0.4) is 0 Å². The lowest BCUT2D eigenvalue weighted by molar-refractivity contribution is -0.385. The number of rotatable bonds is 8. The molecule has 0 amide bonds. The van der Waals surface area contributed by atoms with Crippen LogP contribution < -0.4 is 14.2 Å². The molecule has 2 aromatic rings. The molecular weight excluding hydrogens is 392 g/mol. The number of benzene rings is 2. The van der Waals surface area contributed by atoms with Crippen LogP contribution in [0.1, 0.15) is 15.9 Å². The van der Waals surface area contributed by atoms with Crippen molar-refractivity contribution >= 4 is 21.7 Å². The molecule has 0 bridgehead atoms. The fourth-order valence-electron chi connectivity index (χ4n) is 2.38. The smallest absolute Gasteiger partial charge is 0.341 e. The Balaban J connectivity index is 2.29. The van der Waals surface area contributed by atoms with Crippen LogP contribution >= 0.6 is 0 Å². The monoisotopic (exact) mass is 410 g/mol. The van der Waals surface area contributed by atoms with Gasteiger partial charge in [0.05, 0.1) is 32.3 Å². The number of hydrogen-bond acceptors (Lipinski definition) is 8. The van der Waals surface area contributed by atoms with E-state index >= 15 is 0 Å². The zero-order chi connectivity index (χ0) is 20.9. The molecule has 10 nitrogen and oxygen atoms in total. The average molecular weight is 410 g/mol. The van der Waals surface area contributed by atoms with E-state index in [1.165, 1.54) is 33.5 Å². The lowest BCUT2D eigenvalue weighted by atomic mass is 10.1. The van der Waals surface area contributed by atoms with Gasteiger partial charge in [-0.15, -0.1) is 0 Å². The Bertz CT molecular complexity index is 1000. The van der Waals surface area contributed by atoms with Crippen LogP contribution in [0.4, 0.5) is 5.69 Å². The van der Waals surface area contributed by atoms with Crippen molar-refractivity contribution in [2.45, 2.75) is 11.4 Å². The Kier molecular flexibility index (Phi) is 6.54. The molecule has 0 saturated carbocycles. The maximum Gasteiger partial charge on any atom is 0.341 e. The molecule has 2 rings (SSSR count). The van der Waals surface area contributed by atoms with Crippen molar-refractivity contribution in [1.29, 1.82) is 0 Å². The van der Waals surface area contributed by atoms with Gasteiger partial charge >= 0.3 is 5.97 Å². The summed E-state index contributed by atoms with van der Waals surface area (Å²) in [5.74, 6) is -0.499. The molecule has 0 heterocycles. The fraction of sp³-hybridized carbons (Fsp3) is 0.235. The van der Waals surface area contributed by atoms with E-state index in [1.54, 1.807) is 6.07 Å². The standard InChI is InChI=1S/C17H18N2O8S/c1-25-14-6-4-11(8-13(14)17(20)27-3)10-18-28(23,24)16-7-5-12(19(21)22)9-15(16)26-2/h4-9,18H,10H2,1-3H3. The predicted octanol–water partition coefficient (Wildman–Crippen LogP) is 1.88. The first-order valence-corrected chi connectivity index (χ1v) is 9.29. The van der Waals surface area contributed by atoms with Crippen molar-refractivity contribution in [2.75, 3.05) is 21.3 Å². The van der Waals surface area contributed by atoms with Gasteiger partial charge in [0.2, 0.25) is 10.0 Å². The number of carbonyl (C=O) groups is 1. The average Bonchev–Trinajstić information content (AvgIpc) is 2.70. The number of non-ortho nitro benzene ring substituents is 1. The molecule has 0 saturated heterocycles. The second kappa shape index (κ2) is 8.67. The van der Waals surface area contributed by atoms with Crippen molar-refractivity contribution in [3.63, 3.8) is 0 Å². The minimum atomic E-state index is -4.04. The van der Waals surface area contributed by atoms with E-state index < -0.39 is 20.9 Å². The Hall–Kier alpha value is -3.18. The second-order valence-electron chi connectivity index (χ2n) is 5.44. The van der Waals surface area contributed by atoms with Gasteiger partial charge in [-0.25, -0.2) is 17.9 Å². The van der Waals surface area contributed by atoms with Crippen molar-refractivity contribution < 1.29 is 32.3 Å². The first-order chi connectivity index (χ1) is 13.2. The van der Waals surface area contributed by atoms with Gasteiger partial charge in [0.25, 0.3) is 5.69 Å². The summed E-state index contributed by atoms with van der Waals surface area (Å²) in [6.45, 7) is -0.142. The fourth-order valence-corrected chi connectivity index (χ4v) is 3.55. The Labute approximate surface area is 161 Å². The summed E-state index contributed by atoms with van der Waals surface area (Å²) in [5, 5.41) is 10.8. The van der Waals surface area contributed by atoms with Crippen LogP contribution in [0, 0.1) is 10.1 Å². The third-order valence-electron chi connectivity index (χ3n) is 3.78. The summed E-state index contributed by atoms with van der Waals surface area (Å²) in [5.41, 5.74) is 0.328. The maximum atomic E-state index is 12.6. The summed E-state index contributed by atoms with van der Waals surface area (Å²) >= 11 is 0. The van der Waals surface area contributed by atoms with Gasteiger partial charge < -0.3 is 14.2 Å². The number of nitrogens with zero attached hydrogens (tertiary/aromatic N) is 1. The molecule has 150 valence electrons. The van der Waals surface area contributed by atoms with Crippen molar-refractivity contribution in [3.8, 4) is 11.5 Å². The van der Waals surface area contributed by atoms with Gasteiger partial charge in [-0.05, 0) is 23.8 Å². The highest BCUT2D eigenvalue weighted by atomic mass is 32.2. The third kappa shape index (κ3) is 4.56. The molecule has 0 radical (unpaired) electrons. The molecule has 0 atom stereocenters. The number of hydrogen-bond donors (Lipinski definition) is 1. The number of nitrogens with one attached hydrogen (secondary N) is 1. The van der Waals surface area contributed by atoms with E-state index in [9.17, 15) is 23.3 Å². The Morgan fingerprint density at radius 1 is 1.07 bits per heavy atom. The molecular formula is C17H18N2O8S. The lowest BCUT2D eigenvalue weighted by Crippen LogP contribution is -2.24. The van der Waals surface area contributed by atoms with Crippen LogP contribution in [0.15, 0.2) is 41.3 Å². The zero-order valence-corrected chi connectivity index (χ0v) is 16.1. The lowest BCUT2D eigenvalue weighted by Gasteiger charge is -2.12. The van der Waals surface area contributed by atoms with E-state index in [-0.39, 0.29) is 34.2 Å². The number of methoxy groups -OCH3 is 3. The summed E-state index contributed by atoms with van der Waals surface area (Å²) < 4.78 is 42.3. The highest BCUT2D eigenvalue weighted by Gasteiger charge is 2.22. The largest absolute Gasteiger partial charge is 0.496 e. The number of sulfonamides is 1. The molecule has 2 aromatic carbocycles. The van der Waals surface area contributed by atoms with Crippen molar-refractivity contribution in [3.05, 3.63) is 57.6 Å². The summed E-state index contributed by atoms with van der Waals surface area (Å²) in [4.78, 5) is 21.8. The summed E-state index contributed by atoms with van der Waals surface area (Å²) in [6, 6.07) is 7.73. The third-order valence-corrected chi connectivity index (χ3v) is 5.22. The molecule has 11 heteroatoms. The van der Waals surface area contributed by atoms with Gasteiger partial charge in [0, 0.05) is 12.6 Å². The highest BCUT2D eigenvalue weighted by molar-refractivity contribution is 7.89. The SMILES string of the molecule is COC(=O)c1cc(CNS(=O)(=O)c2ccc([N+](=O)[O-])cc2OC)ccc1OC. The molecule has 0 spiro atoms. The van der Waals surface area contributed by atoms with E-state index in [0.717, 1.165) is 18.2 Å². The van der Waals surface area contributed by atoms with Gasteiger partial charge in [-0.2, -0.15) is 0 Å². The van der Waals surface area contributed by atoms with Gasteiger partial charge in [-0.1, -0.05) is 6.07 Å². The number of carbonyl (C=O) groups excluding carboxylic acids is 1. The molecule has 0 aliphatic heterocycles. The van der Waals surface area contributed by atoms with Crippen LogP contribution in [-0.2, 0) is 21.3 Å². The minimum absolute atomic E-state index is 0.142. The topological polar surface area (TPSA) is 134 Å². The summed E-state index contributed by atoms with van der Waals surface area (Å²) in [7, 11) is -0.216.